The molecule has 0 N–H and O–H groups in total. The maximum absolute atomic E-state index is 13.2. The van der Waals surface area contributed by atoms with Crippen LogP contribution in [0.3, 0.4) is 0 Å². The molecule has 1 unspecified atom stereocenters. The van der Waals surface area contributed by atoms with Gasteiger partial charge in [0.2, 0.25) is 0 Å². The fourth-order valence-electron chi connectivity index (χ4n) is 3.80. The van der Waals surface area contributed by atoms with E-state index in [1.165, 1.54) is 0 Å². The lowest BCUT2D eigenvalue weighted by atomic mass is 10.2. The van der Waals surface area contributed by atoms with E-state index >= 15 is 0 Å². The molecule has 0 aliphatic carbocycles. The van der Waals surface area contributed by atoms with Crippen LogP contribution in [0.4, 0.5) is 4.79 Å². The number of benzene rings is 1. The molecule has 8 nitrogen and oxygen atoms in total. The standard InChI is InChI=1S/C23H38NO7PSi/c1-8-28-32(26,29-9-2)16-18-19-20(21(30-18)31-33(6,7)23(3,4)5)24(19)22(25)27-15-17-13-11-10-12-14-17/h10-14,18-21H,8-9,15-16H2,1-7H3/t18-,19-,20-,21?,24?/m1/s1. The molecule has 2 aliphatic rings. The number of ether oxygens (including phenoxy) is 2. The minimum atomic E-state index is -3.36. The number of morpholine rings is 1. The molecule has 2 saturated heterocycles. The number of amides is 1. The Morgan fingerprint density at radius 1 is 1.09 bits per heavy atom. The fraction of sp³-hybridized carbons (Fsp3) is 0.696. The van der Waals surface area contributed by atoms with Gasteiger partial charge in [0, 0.05) is 0 Å². The topological polar surface area (TPSA) is 83.3 Å². The highest BCUT2D eigenvalue weighted by Gasteiger charge is 2.68. The lowest BCUT2D eigenvalue weighted by molar-refractivity contribution is -0.106. The second-order valence-corrected chi connectivity index (χ2v) is 16.8. The summed E-state index contributed by atoms with van der Waals surface area (Å²) in [5, 5.41) is -0.0244. The van der Waals surface area contributed by atoms with Crippen molar-refractivity contribution in [3.05, 3.63) is 35.9 Å². The molecule has 1 aromatic rings. The summed E-state index contributed by atoms with van der Waals surface area (Å²) in [6, 6.07) is 8.99. The number of rotatable bonds is 10. The van der Waals surface area contributed by atoms with Gasteiger partial charge in [0.25, 0.3) is 0 Å². The quantitative estimate of drug-likeness (QED) is 0.242. The van der Waals surface area contributed by atoms with E-state index in [0.717, 1.165) is 5.56 Å². The van der Waals surface area contributed by atoms with E-state index in [-0.39, 0.29) is 43.1 Å². The Morgan fingerprint density at radius 2 is 1.70 bits per heavy atom. The minimum Gasteiger partial charge on any atom is -0.445 e. The van der Waals surface area contributed by atoms with Crippen molar-refractivity contribution in [3.8, 4) is 0 Å². The van der Waals surface area contributed by atoms with Crippen molar-refractivity contribution in [3.63, 3.8) is 0 Å². The van der Waals surface area contributed by atoms with Crippen LogP contribution in [-0.4, -0.2) is 63.2 Å². The second-order valence-electron chi connectivity index (χ2n) is 9.98. The molecule has 0 bridgehead atoms. The molecule has 33 heavy (non-hydrogen) atoms. The van der Waals surface area contributed by atoms with Gasteiger partial charge in [0.05, 0.1) is 31.5 Å². The minimum absolute atomic E-state index is 0.0244. The number of hydrogen-bond donors (Lipinski definition) is 0. The number of nitrogens with zero attached hydrogens (tertiary/aromatic N) is 1. The molecule has 1 aromatic carbocycles. The molecular weight excluding hydrogens is 461 g/mol. The van der Waals surface area contributed by atoms with E-state index in [1.54, 1.807) is 18.7 Å². The van der Waals surface area contributed by atoms with E-state index in [2.05, 4.69) is 33.9 Å². The Labute approximate surface area is 198 Å². The van der Waals surface area contributed by atoms with Crippen molar-refractivity contribution in [1.82, 2.24) is 4.90 Å². The average molecular weight is 500 g/mol. The smallest absolute Gasteiger partial charge is 0.411 e. The SMILES string of the molecule is CCOP(=O)(C[C@H]1OC(O[Si](C)(C)C(C)(C)C)[C@H]2[C@@H]1N2C(=O)OCc1ccccc1)OCC. The van der Waals surface area contributed by atoms with E-state index < -0.39 is 34.4 Å². The molecule has 2 heterocycles. The average Bonchev–Trinajstić information content (AvgIpc) is 3.38. The summed E-state index contributed by atoms with van der Waals surface area (Å²) in [6.45, 7) is 15.0. The van der Waals surface area contributed by atoms with Crippen molar-refractivity contribution < 1.29 is 32.3 Å². The van der Waals surface area contributed by atoms with E-state index in [9.17, 15) is 9.36 Å². The third-order valence-corrected chi connectivity index (χ3v) is 13.1. The van der Waals surface area contributed by atoms with Crippen molar-refractivity contribution in [2.45, 2.75) is 83.8 Å². The maximum atomic E-state index is 13.2. The van der Waals surface area contributed by atoms with Crippen LogP contribution in [-0.2, 0) is 34.1 Å². The predicted octanol–water partition coefficient (Wildman–Crippen LogP) is 5.39. The van der Waals surface area contributed by atoms with Crippen molar-refractivity contribution >= 4 is 22.0 Å². The van der Waals surface area contributed by atoms with Gasteiger partial charge in [-0.25, -0.2) is 4.79 Å². The Morgan fingerprint density at radius 3 is 2.24 bits per heavy atom. The third kappa shape index (κ3) is 6.07. The first-order valence-electron chi connectivity index (χ1n) is 11.6. The molecule has 2 aliphatic heterocycles. The van der Waals surface area contributed by atoms with Crippen molar-refractivity contribution in [2.75, 3.05) is 19.4 Å². The summed E-state index contributed by atoms with van der Waals surface area (Å²) in [7, 11) is -5.53. The van der Waals surface area contributed by atoms with Crippen molar-refractivity contribution in [1.29, 1.82) is 0 Å². The van der Waals surface area contributed by atoms with Crippen LogP contribution in [0, 0.1) is 0 Å². The summed E-state index contributed by atoms with van der Waals surface area (Å²) in [4.78, 5) is 14.6. The summed E-state index contributed by atoms with van der Waals surface area (Å²) >= 11 is 0. The summed E-state index contributed by atoms with van der Waals surface area (Å²) < 4.78 is 42.4. The van der Waals surface area contributed by atoms with Gasteiger partial charge >= 0.3 is 13.7 Å². The maximum Gasteiger partial charge on any atom is 0.411 e. The Hall–Kier alpha value is -1.22. The second kappa shape index (κ2) is 10.2. The molecule has 186 valence electrons. The molecule has 0 spiro atoms. The van der Waals surface area contributed by atoms with Gasteiger partial charge < -0.3 is 22.9 Å². The largest absolute Gasteiger partial charge is 0.445 e. The first-order chi connectivity index (χ1) is 15.4. The van der Waals surface area contributed by atoms with Crippen LogP contribution >= 0.6 is 7.60 Å². The molecule has 0 aromatic heterocycles. The Bertz CT molecular complexity index is 850. The van der Waals surface area contributed by atoms with E-state index in [4.69, 9.17) is 22.9 Å². The van der Waals surface area contributed by atoms with Crippen LogP contribution in [0.1, 0.15) is 40.2 Å². The highest BCUT2D eigenvalue weighted by atomic mass is 31.2. The van der Waals surface area contributed by atoms with Gasteiger partial charge in [-0.15, -0.1) is 0 Å². The molecule has 1 amide bonds. The van der Waals surface area contributed by atoms with Gasteiger partial charge in [-0.2, -0.15) is 0 Å². The van der Waals surface area contributed by atoms with Gasteiger partial charge in [-0.1, -0.05) is 51.1 Å². The van der Waals surface area contributed by atoms with Gasteiger partial charge in [0.15, 0.2) is 14.6 Å². The zero-order chi connectivity index (χ0) is 24.4. The molecule has 2 fully saturated rings. The highest BCUT2D eigenvalue weighted by Crippen LogP contribution is 2.55. The van der Waals surface area contributed by atoms with Gasteiger partial charge in [-0.3, -0.25) is 9.46 Å². The number of hydrogen-bond acceptors (Lipinski definition) is 7. The van der Waals surface area contributed by atoms with Crippen LogP contribution in [0.15, 0.2) is 30.3 Å². The molecule has 3 rings (SSSR count). The molecule has 0 radical (unpaired) electrons. The first kappa shape index (κ1) is 26.4. The van der Waals surface area contributed by atoms with Crippen molar-refractivity contribution in [2.24, 2.45) is 0 Å². The molecular formula is C23H38NO7PSi. The van der Waals surface area contributed by atoms with Crippen LogP contribution in [0.5, 0.6) is 0 Å². The normalized spacial score (nSPS) is 25.1. The Balaban J connectivity index is 1.75. The third-order valence-electron chi connectivity index (χ3n) is 6.56. The first-order valence-corrected chi connectivity index (χ1v) is 16.3. The lowest BCUT2D eigenvalue weighted by Gasteiger charge is -2.39. The summed E-state index contributed by atoms with van der Waals surface area (Å²) in [6.07, 6.45) is -1.47. The number of fused-ring (bicyclic) bond motifs is 1. The van der Waals surface area contributed by atoms with Crippen LogP contribution in [0.2, 0.25) is 18.1 Å². The van der Waals surface area contributed by atoms with Crippen LogP contribution in [0.25, 0.3) is 0 Å². The zero-order valence-electron chi connectivity index (χ0n) is 20.8. The van der Waals surface area contributed by atoms with E-state index in [1.807, 2.05) is 30.3 Å². The monoisotopic (exact) mass is 499 g/mol. The Kier molecular flexibility index (Phi) is 8.14. The predicted molar refractivity (Wildman–Crippen MR) is 129 cm³/mol. The molecule has 10 heteroatoms. The number of carbonyl (C=O) groups excluding carboxylic acids is 1. The molecule has 4 atom stereocenters. The van der Waals surface area contributed by atoms with Gasteiger partial charge in [-0.05, 0) is 37.5 Å². The number of carbonyl (C=O) groups is 1. The lowest BCUT2D eigenvalue weighted by Crippen LogP contribution is -2.47. The zero-order valence-corrected chi connectivity index (χ0v) is 22.7. The van der Waals surface area contributed by atoms with E-state index in [0.29, 0.717) is 0 Å². The van der Waals surface area contributed by atoms with Crippen LogP contribution < -0.4 is 0 Å². The highest BCUT2D eigenvalue weighted by molar-refractivity contribution is 7.53. The summed E-state index contributed by atoms with van der Waals surface area (Å²) in [5.74, 6) is 0. The van der Waals surface area contributed by atoms with Gasteiger partial charge in [0.1, 0.15) is 12.6 Å². The molecule has 0 saturated carbocycles. The fourth-order valence-corrected chi connectivity index (χ4v) is 6.75. The summed E-state index contributed by atoms with van der Waals surface area (Å²) in [5.41, 5.74) is 0.914.